The Hall–Kier alpha value is -2.66. The minimum absolute atomic E-state index is 0.0678. The first-order valence-electron chi connectivity index (χ1n) is 7.45. The van der Waals surface area contributed by atoms with Crippen molar-refractivity contribution in [2.24, 2.45) is 0 Å². The molecule has 0 aliphatic rings. The number of benzene rings is 2. The Morgan fingerprint density at radius 2 is 1.43 bits per heavy atom. The fourth-order valence-corrected chi connectivity index (χ4v) is 2.31. The van der Waals surface area contributed by atoms with Gasteiger partial charge in [-0.05, 0) is 11.1 Å². The minimum atomic E-state index is -0.423. The number of carbonyl (C=O) groups excluding carboxylic acids is 2. The van der Waals surface area contributed by atoms with Crippen LogP contribution in [-0.2, 0) is 4.79 Å². The van der Waals surface area contributed by atoms with Crippen molar-refractivity contribution in [3.8, 4) is 0 Å². The number of urea groups is 1. The second-order valence-corrected chi connectivity index (χ2v) is 5.14. The molecule has 0 atom stereocenters. The summed E-state index contributed by atoms with van der Waals surface area (Å²) in [4.78, 5) is 24.7. The van der Waals surface area contributed by atoms with Crippen molar-refractivity contribution in [3.63, 3.8) is 0 Å². The van der Waals surface area contributed by atoms with Crippen LogP contribution in [0.15, 0.2) is 60.7 Å². The van der Waals surface area contributed by atoms with Crippen LogP contribution in [0.4, 0.5) is 4.79 Å². The lowest BCUT2D eigenvalue weighted by Crippen LogP contribution is -2.44. The number of nitrogens with one attached hydrogen (secondary N) is 2. The van der Waals surface area contributed by atoms with E-state index in [1.54, 1.807) is 0 Å². The van der Waals surface area contributed by atoms with Crippen LogP contribution in [0.2, 0.25) is 0 Å². The van der Waals surface area contributed by atoms with E-state index in [2.05, 4.69) is 10.6 Å². The Kier molecular flexibility index (Phi) is 5.88. The van der Waals surface area contributed by atoms with Gasteiger partial charge < -0.3 is 5.32 Å². The number of amides is 3. The van der Waals surface area contributed by atoms with Crippen LogP contribution in [-0.4, -0.2) is 37.5 Å². The number of rotatable bonds is 5. The van der Waals surface area contributed by atoms with Crippen LogP contribution < -0.4 is 10.6 Å². The molecule has 0 aromatic heterocycles. The van der Waals surface area contributed by atoms with Crippen LogP contribution in [0.1, 0.15) is 17.2 Å². The van der Waals surface area contributed by atoms with Gasteiger partial charge in [-0.1, -0.05) is 60.7 Å². The van der Waals surface area contributed by atoms with Crippen LogP contribution >= 0.6 is 0 Å². The van der Waals surface area contributed by atoms with E-state index >= 15 is 0 Å². The quantitative estimate of drug-likeness (QED) is 0.889. The molecular weight excluding hydrogens is 290 g/mol. The summed E-state index contributed by atoms with van der Waals surface area (Å²) in [5.41, 5.74) is 2.13. The standard InChI is InChI=1S/C18H21N3O2/c1-19-18(23)21(2)16(22)13-20-17(14-9-5-3-6-10-14)15-11-7-4-8-12-15/h3-12,17,20H,13H2,1-2H3,(H,19,23). The summed E-state index contributed by atoms with van der Waals surface area (Å²) in [6.07, 6.45) is 0. The number of imide groups is 1. The van der Waals surface area contributed by atoms with E-state index < -0.39 is 6.03 Å². The Morgan fingerprint density at radius 1 is 0.957 bits per heavy atom. The minimum Gasteiger partial charge on any atom is -0.341 e. The van der Waals surface area contributed by atoms with Gasteiger partial charge in [0.25, 0.3) is 0 Å². The fraction of sp³-hybridized carbons (Fsp3) is 0.222. The normalized spacial score (nSPS) is 10.4. The maximum absolute atomic E-state index is 12.1. The van der Waals surface area contributed by atoms with Crippen molar-refractivity contribution in [2.45, 2.75) is 6.04 Å². The van der Waals surface area contributed by atoms with E-state index in [4.69, 9.17) is 0 Å². The molecule has 0 bridgehead atoms. The highest BCUT2D eigenvalue weighted by atomic mass is 16.2. The van der Waals surface area contributed by atoms with Gasteiger partial charge in [0, 0.05) is 14.1 Å². The summed E-state index contributed by atoms with van der Waals surface area (Å²) < 4.78 is 0. The average molecular weight is 311 g/mol. The first-order valence-corrected chi connectivity index (χ1v) is 7.45. The number of likely N-dealkylation sites (N-methyl/N-ethyl adjacent to an activating group) is 1. The summed E-state index contributed by atoms with van der Waals surface area (Å²) >= 11 is 0. The van der Waals surface area contributed by atoms with Gasteiger partial charge in [0.05, 0.1) is 12.6 Å². The molecule has 120 valence electrons. The third-order valence-electron chi connectivity index (χ3n) is 3.62. The molecule has 2 N–H and O–H groups in total. The van der Waals surface area contributed by atoms with E-state index in [1.165, 1.54) is 14.1 Å². The predicted molar refractivity (Wildman–Crippen MR) is 90.0 cm³/mol. The lowest BCUT2D eigenvalue weighted by atomic mass is 9.99. The molecule has 0 fully saturated rings. The molecule has 5 nitrogen and oxygen atoms in total. The summed E-state index contributed by atoms with van der Waals surface area (Å²) in [7, 11) is 2.96. The molecule has 0 spiro atoms. The summed E-state index contributed by atoms with van der Waals surface area (Å²) in [5.74, 6) is -0.291. The zero-order valence-electron chi connectivity index (χ0n) is 13.3. The Balaban J connectivity index is 2.14. The van der Waals surface area contributed by atoms with Crippen molar-refractivity contribution >= 4 is 11.9 Å². The second-order valence-electron chi connectivity index (χ2n) is 5.14. The summed E-state index contributed by atoms with van der Waals surface area (Å²) in [5, 5.41) is 5.68. The second kappa shape index (κ2) is 8.10. The van der Waals surface area contributed by atoms with Crippen molar-refractivity contribution < 1.29 is 9.59 Å². The van der Waals surface area contributed by atoms with Gasteiger partial charge >= 0.3 is 6.03 Å². The highest BCUT2D eigenvalue weighted by Crippen LogP contribution is 2.21. The Bertz CT molecular complexity index is 604. The SMILES string of the molecule is CNC(=O)N(C)C(=O)CNC(c1ccccc1)c1ccccc1. The van der Waals surface area contributed by atoms with Gasteiger partial charge in [-0.15, -0.1) is 0 Å². The maximum atomic E-state index is 12.1. The molecule has 2 rings (SSSR count). The van der Waals surface area contributed by atoms with Crippen LogP contribution in [0.5, 0.6) is 0 Å². The lowest BCUT2D eigenvalue weighted by molar-refractivity contribution is -0.126. The highest BCUT2D eigenvalue weighted by Gasteiger charge is 2.18. The van der Waals surface area contributed by atoms with Crippen molar-refractivity contribution in [2.75, 3.05) is 20.6 Å². The average Bonchev–Trinajstić information content (AvgIpc) is 2.62. The number of carbonyl (C=O) groups is 2. The smallest absolute Gasteiger partial charge is 0.323 e. The highest BCUT2D eigenvalue weighted by molar-refractivity contribution is 5.94. The van der Waals surface area contributed by atoms with Crippen LogP contribution in [0, 0.1) is 0 Å². The Labute approximate surface area is 136 Å². The Morgan fingerprint density at radius 3 is 1.87 bits per heavy atom. The van der Waals surface area contributed by atoms with Gasteiger partial charge in [-0.3, -0.25) is 15.0 Å². The molecule has 5 heteroatoms. The zero-order chi connectivity index (χ0) is 16.7. The monoisotopic (exact) mass is 311 g/mol. The predicted octanol–water partition coefficient (Wildman–Crippen LogP) is 2.16. The largest absolute Gasteiger partial charge is 0.341 e. The fourth-order valence-electron chi connectivity index (χ4n) is 2.31. The van der Waals surface area contributed by atoms with E-state index in [-0.39, 0.29) is 18.5 Å². The summed E-state index contributed by atoms with van der Waals surface area (Å²) in [6.45, 7) is 0.0678. The molecular formula is C18H21N3O2. The number of hydrogen-bond acceptors (Lipinski definition) is 3. The van der Waals surface area contributed by atoms with Gasteiger partial charge in [0.15, 0.2) is 0 Å². The van der Waals surface area contributed by atoms with E-state index in [1.807, 2.05) is 60.7 Å². The zero-order valence-corrected chi connectivity index (χ0v) is 13.3. The molecule has 3 amide bonds. The van der Waals surface area contributed by atoms with E-state index in [0.29, 0.717) is 0 Å². The van der Waals surface area contributed by atoms with Gasteiger partial charge in [-0.2, -0.15) is 0 Å². The van der Waals surface area contributed by atoms with E-state index in [9.17, 15) is 9.59 Å². The molecule has 0 radical (unpaired) electrons. The molecule has 0 saturated carbocycles. The molecule has 2 aromatic carbocycles. The van der Waals surface area contributed by atoms with Gasteiger partial charge in [0.1, 0.15) is 0 Å². The molecule has 0 unspecified atom stereocenters. The van der Waals surface area contributed by atoms with Crippen LogP contribution in [0.25, 0.3) is 0 Å². The molecule has 0 aliphatic heterocycles. The molecule has 0 heterocycles. The first-order chi connectivity index (χ1) is 11.1. The number of nitrogens with zero attached hydrogens (tertiary/aromatic N) is 1. The van der Waals surface area contributed by atoms with Gasteiger partial charge in [0.2, 0.25) is 5.91 Å². The molecule has 23 heavy (non-hydrogen) atoms. The third kappa shape index (κ3) is 4.40. The maximum Gasteiger partial charge on any atom is 0.323 e. The van der Waals surface area contributed by atoms with Gasteiger partial charge in [-0.25, -0.2) is 4.79 Å². The topological polar surface area (TPSA) is 61.4 Å². The van der Waals surface area contributed by atoms with Crippen molar-refractivity contribution in [1.29, 1.82) is 0 Å². The molecule has 2 aromatic rings. The number of hydrogen-bond donors (Lipinski definition) is 2. The van der Waals surface area contributed by atoms with Crippen molar-refractivity contribution in [3.05, 3.63) is 71.8 Å². The van der Waals surface area contributed by atoms with Crippen molar-refractivity contribution in [1.82, 2.24) is 15.5 Å². The molecule has 0 aliphatic carbocycles. The first kappa shape index (κ1) is 16.7. The van der Waals surface area contributed by atoms with E-state index in [0.717, 1.165) is 16.0 Å². The lowest BCUT2D eigenvalue weighted by Gasteiger charge is -2.21. The molecule has 0 saturated heterocycles. The third-order valence-corrected chi connectivity index (χ3v) is 3.62. The van der Waals surface area contributed by atoms with Crippen LogP contribution in [0.3, 0.4) is 0 Å². The summed E-state index contributed by atoms with van der Waals surface area (Å²) in [6, 6.07) is 19.3.